The molecule has 0 saturated heterocycles. The van der Waals surface area contributed by atoms with E-state index in [0.29, 0.717) is 0 Å². The third kappa shape index (κ3) is 5.75. The summed E-state index contributed by atoms with van der Waals surface area (Å²) in [5.74, 6) is 0. The van der Waals surface area contributed by atoms with Crippen LogP contribution in [0, 0.1) is 0 Å². The van der Waals surface area contributed by atoms with Gasteiger partial charge in [-0.2, -0.15) is 0 Å². The molecule has 284 valence electrons. The Morgan fingerprint density at radius 2 is 0.633 bits per heavy atom. The Kier molecular flexibility index (Phi) is 8.06. The molecule has 0 aliphatic rings. The molecule has 2 nitrogen and oxygen atoms in total. The number of benzene rings is 8. The second-order valence-corrected chi connectivity index (χ2v) is 18.0. The van der Waals surface area contributed by atoms with Gasteiger partial charge in [0.25, 0.3) is 0 Å². The fourth-order valence-electron chi connectivity index (χ4n) is 9.12. The highest BCUT2D eigenvalue weighted by atomic mass is 32.1. The Morgan fingerprint density at radius 3 is 1.05 bits per heavy atom. The van der Waals surface area contributed by atoms with Gasteiger partial charge in [0.1, 0.15) is 0 Å². The number of aromatic nitrogens is 2. The van der Waals surface area contributed by atoms with Gasteiger partial charge in [-0.25, -0.2) is 0 Å². The van der Waals surface area contributed by atoms with E-state index in [1.54, 1.807) is 0 Å². The van der Waals surface area contributed by atoms with Gasteiger partial charge in [-0.3, -0.25) is 0 Å². The molecule has 0 bridgehead atoms. The summed E-state index contributed by atoms with van der Waals surface area (Å²) in [5.41, 5.74) is 17.3. The number of thiophene rings is 2. The van der Waals surface area contributed by atoms with Crippen molar-refractivity contribution in [3.8, 4) is 67.0 Å². The molecule has 4 aromatic heterocycles. The van der Waals surface area contributed by atoms with Crippen molar-refractivity contribution < 1.29 is 0 Å². The number of nitrogens with zero attached hydrogens (tertiary/aromatic N) is 2. The highest BCUT2D eigenvalue weighted by Gasteiger charge is 2.16. The number of hydrogen-bond donors (Lipinski definition) is 0. The topological polar surface area (TPSA) is 9.86 Å². The maximum absolute atomic E-state index is 2.38. The van der Waals surface area contributed by atoms with Gasteiger partial charge in [-0.05, 0) is 92.0 Å². The first kappa shape index (κ1) is 35.0. The molecular weight excluding hydrogens is 765 g/mol. The Balaban J connectivity index is 0.804. The standard InChI is InChI=1S/C56H38N2S2/c1-57-49(31-45-23-21-41(29-51(45)57)35-9-5-3-6-10-35)39-17-13-37(14-18-39)43-25-27-47-53(33-43)59-56-48-28-26-44(34-54(48)60-55(47)56)38-15-19-40(20-16-38)50-32-46-24-22-42(30-52(46)58(50)2)36-11-7-4-8-12-36/h3-34H,1-2H3. The molecular formula is C56H38N2S2. The van der Waals surface area contributed by atoms with Gasteiger partial charge in [0, 0.05) is 67.5 Å². The number of aryl methyl sites for hydroxylation is 2. The van der Waals surface area contributed by atoms with E-state index in [2.05, 4.69) is 217 Å². The Bertz CT molecular complexity index is 3340. The maximum Gasteiger partial charge on any atom is 0.0542 e. The maximum atomic E-state index is 2.38. The lowest BCUT2D eigenvalue weighted by molar-refractivity contribution is 0.978. The normalized spacial score (nSPS) is 11.8. The molecule has 0 unspecified atom stereocenters. The summed E-state index contributed by atoms with van der Waals surface area (Å²) in [6, 6.07) is 71.5. The van der Waals surface area contributed by atoms with E-state index in [4.69, 9.17) is 0 Å². The van der Waals surface area contributed by atoms with Crippen LogP contribution in [0.1, 0.15) is 0 Å². The molecule has 0 spiro atoms. The summed E-state index contributed by atoms with van der Waals surface area (Å²) >= 11 is 3.84. The Hall–Kier alpha value is -6.98. The van der Waals surface area contributed by atoms with Gasteiger partial charge in [0.2, 0.25) is 0 Å². The van der Waals surface area contributed by atoms with Crippen molar-refractivity contribution in [3.63, 3.8) is 0 Å². The minimum atomic E-state index is 1.22. The van der Waals surface area contributed by atoms with Crippen molar-refractivity contribution in [2.24, 2.45) is 14.1 Å². The van der Waals surface area contributed by atoms with Crippen LogP contribution in [0.4, 0.5) is 0 Å². The van der Waals surface area contributed by atoms with E-state index in [1.165, 1.54) is 118 Å². The molecule has 0 aliphatic carbocycles. The molecule has 4 heterocycles. The lowest BCUT2D eigenvalue weighted by Gasteiger charge is -2.08. The predicted molar refractivity (Wildman–Crippen MR) is 260 cm³/mol. The first-order chi connectivity index (χ1) is 29.5. The van der Waals surface area contributed by atoms with Crippen molar-refractivity contribution >= 4 is 74.1 Å². The Morgan fingerprint density at radius 1 is 0.300 bits per heavy atom. The van der Waals surface area contributed by atoms with Crippen LogP contribution in [0.5, 0.6) is 0 Å². The second kappa shape index (κ2) is 13.8. The van der Waals surface area contributed by atoms with Gasteiger partial charge < -0.3 is 9.13 Å². The zero-order valence-corrected chi connectivity index (χ0v) is 34.8. The summed E-state index contributed by atoms with van der Waals surface area (Å²) in [6.07, 6.45) is 0. The largest absolute Gasteiger partial charge is 0.344 e. The van der Waals surface area contributed by atoms with Crippen molar-refractivity contribution in [1.82, 2.24) is 9.13 Å². The van der Waals surface area contributed by atoms with Gasteiger partial charge in [-0.1, -0.05) is 158 Å². The minimum Gasteiger partial charge on any atom is -0.344 e. The molecule has 0 fully saturated rings. The fourth-order valence-corrected chi connectivity index (χ4v) is 11.8. The molecule has 0 aliphatic heterocycles. The minimum absolute atomic E-state index is 1.22. The molecule has 0 radical (unpaired) electrons. The summed E-state index contributed by atoms with van der Waals surface area (Å²) < 4.78 is 10.1. The van der Waals surface area contributed by atoms with Crippen LogP contribution in [-0.4, -0.2) is 9.13 Å². The highest BCUT2D eigenvalue weighted by molar-refractivity contribution is 7.36. The summed E-state index contributed by atoms with van der Waals surface area (Å²) in [7, 11) is 4.35. The van der Waals surface area contributed by atoms with Crippen LogP contribution in [0.3, 0.4) is 0 Å². The second-order valence-electron chi connectivity index (χ2n) is 15.9. The third-order valence-electron chi connectivity index (χ3n) is 12.4. The summed E-state index contributed by atoms with van der Waals surface area (Å²) in [4.78, 5) is 0. The zero-order chi connectivity index (χ0) is 39.9. The molecule has 0 amide bonds. The molecule has 12 rings (SSSR count). The van der Waals surface area contributed by atoms with Gasteiger partial charge in [0.15, 0.2) is 0 Å². The van der Waals surface area contributed by atoms with Crippen LogP contribution >= 0.6 is 22.7 Å². The van der Waals surface area contributed by atoms with Crippen molar-refractivity contribution in [2.45, 2.75) is 0 Å². The number of hydrogen-bond acceptors (Lipinski definition) is 2. The van der Waals surface area contributed by atoms with E-state index < -0.39 is 0 Å². The molecule has 12 aromatic rings. The van der Waals surface area contributed by atoms with Gasteiger partial charge in [-0.15, -0.1) is 22.7 Å². The SMILES string of the molecule is Cn1c(-c2ccc(-c3ccc4c(c3)sc3c5ccc(-c6ccc(-c7cc8ccc(-c9ccccc9)cc8n7C)cc6)cc5sc43)cc2)cc2ccc(-c3ccccc3)cc21. The molecule has 4 heteroatoms. The number of rotatable bonds is 6. The van der Waals surface area contributed by atoms with E-state index in [0.717, 1.165) is 0 Å². The van der Waals surface area contributed by atoms with Crippen LogP contribution in [0.25, 0.3) is 118 Å². The average Bonchev–Trinajstić information content (AvgIpc) is 4.05. The quantitative estimate of drug-likeness (QED) is 0.158. The molecule has 60 heavy (non-hydrogen) atoms. The number of fused-ring (bicyclic) bond motifs is 7. The monoisotopic (exact) mass is 802 g/mol. The average molecular weight is 803 g/mol. The summed E-state index contributed by atoms with van der Waals surface area (Å²) in [5, 5.41) is 5.21. The zero-order valence-electron chi connectivity index (χ0n) is 33.2. The Labute approximate surface area is 356 Å². The first-order valence-corrected chi connectivity index (χ1v) is 22.1. The third-order valence-corrected chi connectivity index (χ3v) is 14.9. The van der Waals surface area contributed by atoms with Crippen LogP contribution < -0.4 is 0 Å². The van der Waals surface area contributed by atoms with Gasteiger partial charge in [0.05, 0.1) is 9.40 Å². The van der Waals surface area contributed by atoms with E-state index >= 15 is 0 Å². The van der Waals surface area contributed by atoms with Crippen LogP contribution in [-0.2, 0) is 14.1 Å². The van der Waals surface area contributed by atoms with E-state index in [-0.39, 0.29) is 0 Å². The van der Waals surface area contributed by atoms with Crippen LogP contribution in [0.15, 0.2) is 194 Å². The fraction of sp³-hybridized carbons (Fsp3) is 0.0357. The van der Waals surface area contributed by atoms with Crippen molar-refractivity contribution in [1.29, 1.82) is 0 Å². The summed E-state index contributed by atoms with van der Waals surface area (Å²) in [6.45, 7) is 0. The lowest BCUT2D eigenvalue weighted by atomic mass is 10.0. The lowest BCUT2D eigenvalue weighted by Crippen LogP contribution is -1.91. The van der Waals surface area contributed by atoms with Crippen molar-refractivity contribution in [2.75, 3.05) is 0 Å². The first-order valence-electron chi connectivity index (χ1n) is 20.4. The molecule has 0 N–H and O–H groups in total. The highest BCUT2D eigenvalue weighted by Crippen LogP contribution is 2.46. The smallest absolute Gasteiger partial charge is 0.0542 e. The van der Waals surface area contributed by atoms with E-state index in [1.807, 2.05) is 22.7 Å². The van der Waals surface area contributed by atoms with Crippen molar-refractivity contribution in [3.05, 3.63) is 194 Å². The van der Waals surface area contributed by atoms with Gasteiger partial charge >= 0.3 is 0 Å². The van der Waals surface area contributed by atoms with E-state index in [9.17, 15) is 0 Å². The predicted octanol–water partition coefficient (Wildman–Crippen LogP) is 16.3. The molecule has 8 aromatic carbocycles. The molecule has 0 saturated carbocycles. The van der Waals surface area contributed by atoms with Crippen LogP contribution in [0.2, 0.25) is 0 Å². The molecule has 0 atom stereocenters.